The first-order valence-corrected chi connectivity index (χ1v) is 12.6. The molecular weight excluding hydrogens is 487 g/mol. The van der Waals surface area contributed by atoms with Gasteiger partial charge in [-0.2, -0.15) is 5.10 Å². The largest absolute Gasteiger partial charge is 0.369 e. The maximum atomic E-state index is 13.3. The number of nitrogens with zero attached hydrogens (tertiary/aromatic N) is 4. The fourth-order valence-corrected chi connectivity index (χ4v) is 4.48. The lowest BCUT2D eigenvalue weighted by atomic mass is 10.0. The lowest BCUT2D eigenvalue weighted by Crippen LogP contribution is -2.46. The summed E-state index contributed by atoms with van der Waals surface area (Å²) >= 11 is 6.06. The van der Waals surface area contributed by atoms with Crippen LogP contribution in [-0.2, 0) is 6.54 Å². The summed E-state index contributed by atoms with van der Waals surface area (Å²) in [5, 5.41) is 5.25. The SMILES string of the molecule is O=c1c(-c2ccccc2)cc(-c2ccc(Cl)cc2)nn1CC#CCN1CCN(c2ccc(F)cc2)CC1. The third-order valence-corrected chi connectivity index (χ3v) is 6.67. The van der Waals surface area contributed by atoms with E-state index in [9.17, 15) is 9.18 Å². The van der Waals surface area contributed by atoms with Gasteiger partial charge in [0.15, 0.2) is 0 Å². The van der Waals surface area contributed by atoms with Gasteiger partial charge in [0.05, 0.1) is 17.8 Å². The van der Waals surface area contributed by atoms with Crippen LogP contribution in [0.2, 0.25) is 5.02 Å². The summed E-state index contributed by atoms with van der Waals surface area (Å²) in [6.45, 7) is 4.28. The van der Waals surface area contributed by atoms with E-state index in [0.29, 0.717) is 22.8 Å². The van der Waals surface area contributed by atoms with E-state index in [1.165, 1.54) is 16.8 Å². The highest BCUT2D eigenvalue weighted by Crippen LogP contribution is 2.23. The molecule has 0 atom stereocenters. The van der Waals surface area contributed by atoms with Gasteiger partial charge >= 0.3 is 0 Å². The van der Waals surface area contributed by atoms with Crippen LogP contribution in [0.5, 0.6) is 0 Å². The van der Waals surface area contributed by atoms with Crippen molar-refractivity contribution in [2.24, 2.45) is 0 Å². The molecular formula is C30H26ClFN4O. The zero-order valence-electron chi connectivity index (χ0n) is 20.3. The minimum Gasteiger partial charge on any atom is -0.369 e. The molecule has 0 amide bonds. The van der Waals surface area contributed by atoms with Gasteiger partial charge in [-0.1, -0.05) is 65.9 Å². The van der Waals surface area contributed by atoms with Crippen molar-refractivity contribution in [2.75, 3.05) is 37.6 Å². The van der Waals surface area contributed by atoms with Gasteiger partial charge in [0, 0.05) is 42.5 Å². The summed E-state index contributed by atoms with van der Waals surface area (Å²) in [6, 6.07) is 25.5. The van der Waals surface area contributed by atoms with Crippen LogP contribution in [0.3, 0.4) is 0 Å². The van der Waals surface area contributed by atoms with Crippen molar-refractivity contribution in [2.45, 2.75) is 6.54 Å². The summed E-state index contributed by atoms with van der Waals surface area (Å²) in [5.74, 6) is 6.13. The standard InChI is InChI=1S/C30H26ClFN4O/c31-25-10-8-24(9-11-25)29-22-28(23-6-2-1-3-7-23)30(37)36(33-29)17-5-4-16-34-18-20-35(21-19-34)27-14-12-26(32)13-15-27/h1-3,6-15,22H,16-21H2. The van der Waals surface area contributed by atoms with E-state index in [4.69, 9.17) is 11.6 Å². The molecule has 0 aliphatic carbocycles. The van der Waals surface area contributed by atoms with E-state index in [0.717, 1.165) is 43.0 Å². The number of hydrogen-bond acceptors (Lipinski definition) is 4. The van der Waals surface area contributed by atoms with Crippen LogP contribution < -0.4 is 10.5 Å². The van der Waals surface area contributed by atoms with Crippen molar-refractivity contribution < 1.29 is 4.39 Å². The van der Waals surface area contributed by atoms with E-state index in [1.54, 1.807) is 0 Å². The fraction of sp³-hybridized carbons (Fsp3) is 0.200. The maximum absolute atomic E-state index is 13.3. The van der Waals surface area contributed by atoms with E-state index < -0.39 is 0 Å². The molecule has 0 unspecified atom stereocenters. The Hall–Kier alpha value is -3.92. The number of halogens is 2. The number of hydrogen-bond donors (Lipinski definition) is 0. The Morgan fingerprint density at radius 3 is 2.19 bits per heavy atom. The van der Waals surface area contributed by atoms with Crippen LogP contribution in [-0.4, -0.2) is 47.4 Å². The quantitative estimate of drug-likeness (QED) is 0.345. The van der Waals surface area contributed by atoms with Crippen LogP contribution >= 0.6 is 11.6 Å². The topological polar surface area (TPSA) is 41.4 Å². The molecule has 2 heterocycles. The number of aromatic nitrogens is 2. The summed E-state index contributed by atoms with van der Waals surface area (Å²) in [6.07, 6.45) is 0. The van der Waals surface area contributed by atoms with Gasteiger partial charge in [0.25, 0.3) is 5.56 Å². The molecule has 4 aromatic rings. The van der Waals surface area contributed by atoms with E-state index in [1.807, 2.05) is 72.8 Å². The second-order valence-corrected chi connectivity index (χ2v) is 9.31. The lowest BCUT2D eigenvalue weighted by molar-refractivity contribution is 0.288. The third kappa shape index (κ3) is 6.08. The average Bonchev–Trinajstić information content (AvgIpc) is 2.94. The first kappa shape index (κ1) is 24.8. The summed E-state index contributed by atoms with van der Waals surface area (Å²) in [7, 11) is 0. The maximum Gasteiger partial charge on any atom is 0.275 e. The molecule has 1 aliphatic rings. The molecule has 1 fully saturated rings. The predicted octanol–water partition coefficient (Wildman–Crippen LogP) is 5.20. The first-order valence-electron chi connectivity index (χ1n) is 12.2. The predicted molar refractivity (Wildman–Crippen MR) is 147 cm³/mol. The van der Waals surface area contributed by atoms with Crippen molar-refractivity contribution in [1.29, 1.82) is 0 Å². The van der Waals surface area contributed by atoms with Crippen molar-refractivity contribution in [3.8, 4) is 34.2 Å². The summed E-state index contributed by atoms with van der Waals surface area (Å²) < 4.78 is 14.6. The van der Waals surface area contributed by atoms with Crippen molar-refractivity contribution in [3.63, 3.8) is 0 Å². The number of benzene rings is 3. The molecule has 0 spiro atoms. The molecule has 1 aromatic heterocycles. The highest BCUT2D eigenvalue weighted by Gasteiger charge is 2.16. The molecule has 7 heteroatoms. The first-order chi connectivity index (χ1) is 18.1. The van der Waals surface area contributed by atoms with Crippen LogP contribution in [0.1, 0.15) is 0 Å². The molecule has 1 aliphatic heterocycles. The normalized spacial score (nSPS) is 13.7. The molecule has 186 valence electrons. The molecule has 5 nitrogen and oxygen atoms in total. The molecule has 37 heavy (non-hydrogen) atoms. The van der Waals surface area contributed by atoms with Gasteiger partial charge in [0.1, 0.15) is 12.4 Å². The van der Waals surface area contributed by atoms with E-state index >= 15 is 0 Å². The van der Waals surface area contributed by atoms with Crippen LogP contribution in [0.15, 0.2) is 89.7 Å². The van der Waals surface area contributed by atoms with E-state index in [-0.39, 0.29) is 17.9 Å². The fourth-order valence-electron chi connectivity index (χ4n) is 4.35. The third-order valence-electron chi connectivity index (χ3n) is 6.42. The van der Waals surface area contributed by atoms with Crippen LogP contribution in [0, 0.1) is 17.7 Å². The monoisotopic (exact) mass is 512 g/mol. The molecule has 3 aromatic carbocycles. The molecule has 0 N–H and O–H groups in total. The highest BCUT2D eigenvalue weighted by atomic mass is 35.5. The van der Waals surface area contributed by atoms with Crippen molar-refractivity contribution in [1.82, 2.24) is 14.7 Å². The highest BCUT2D eigenvalue weighted by molar-refractivity contribution is 6.30. The Balaban J connectivity index is 1.29. The molecule has 0 radical (unpaired) electrons. The molecule has 1 saturated heterocycles. The molecule has 0 saturated carbocycles. The van der Waals surface area contributed by atoms with Crippen molar-refractivity contribution >= 4 is 17.3 Å². The minimum atomic E-state index is -0.221. The average molecular weight is 513 g/mol. The Bertz CT molecular complexity index is 1470. The Morgan fingerprint density at radius 1 is 0.811 bits per heavy atom. The number of piperazine rings is 1. The van der Waals surface area contributed by atoms with Gasteiger partial charge in [0.2, 0.25) is 0 Å². The smallest absolute Gasteiger partial charge is 0.275 e. The van der Waals surface area contributed by atoms with Gasteiger partial charge in [-0.15, -0.1) is 0 Å². The second-order valence-electron chi connectivity index (χ2n) is 8.87. The Kier molecular flexibility index (Phi) is 7.65. The Morgan fingerprint density at radius 2 is 1.49 bits per heavy atom. The number of rotatable bonds is 5. The van der Waals surface area contributed by atoms with E-state index in [2.05, 4.69) is 26.7 Å². The molecule has 5 rings (SSSR count). The molecule has 0 bridgehead atoms. The van der Waals surface area contributed by atoms with Crippen LogP contribution in [0.25, 0.3) is 22.4 Å². The second kappa shape index (κ2) is 11.4. The summed E-state index contributed by atoms with van der Waals surface area (Å²) in [4.78, 5) is 17.8. The number of anilines is 1. The lowest BCUT2D eigenvalue weighted by Gasteiger charge is -2.35. The van der Waals surface area contributed by atoms with Gasteiger partial charge in [-0.3, -0.25) is 9.69 Å². The zero-order valence-corrected chi connectivity index (χ0v) is 21.0. The Labute approximate surface area is 220 Å². The van der Waals surface area contributed by atoms with Gasteiger partial charge < -0.3 is 4.90 Å². The summed E-state index contributed by atoms with van der Waals surface area (Å²) in [5.41, 5.74) is 3.85. The van der Waals surface area contributed by atoms with Gasteiger partial charge in [-0.25, -0.2) is 9.07 Å². The van der Waals surface area contributed by atoms with Gasteiger partial charge in [-0.05, 0) is 48.0 Å². The zero-order chi connectivity index (χ0) is 25.6. The minimum absolute atomic E-state index is 0.175. The van der Waals surface area contributed by atoms with Crippen molar-refractivity contribution in [3.05, 3.63) is 106 Å². The van der Waals surface area contributed by atoms with Crippen LogP contribution in [0.4, 0.5) is 10.1 Å².